The van der Waals surface area contributed by atoms with Crippen molar-refractivity contribution in [2.24, 2.45) is 0 Å². The number of nitrogens with zero attached hydrogens (tertiary/aromatic N) is 2. The van der Waals surface area contributed by atoms with E-state index in [1.54, 1.807) is 0 Å². The SMILES string of the molecule is CC(=O)NCc1cnc(Cl)c(F)n1. The second-order valence-corrected chi connectivity index (χ2v) is 2.71. The minimum absolute atomic E-state index is 0.149. The van der Waals surface area contributed by atoms with E-state index in [9.17, 15) is 9.18 Å². The van der Waals surface area contributed by atoms with Crippen molar-refractivity contribution in [2.75, 3.05) is 0 Å². The van der Waals surface area contributed by atoms with E-state index in [1.807, 2.05) is 0 Å². The van der Waals surface area contributed by atoms with Crippen LogP contribution in [-0.4, -0.2) is 15.9 Å². The van der Waals surface area contributed by atoms with Crippen molar-refractivity contribution in [1.29, 1.82) is 0 Å². The summed E-state index contributed by atoms with van der Waals surface area (Å²) in [4.78, 5) is 17.5. The number of amides is 1. The van der Waals surface area contributed by atoms with Crippen molar-refractivity contribution in [3.63, 3.8) is 0 Å². The molecule has 1 rings (SSSR count). The van der Waals surface area contributed by atoms with Gasteiger partial charge < -0.3 is 5.32 Å². The van der Waals surface area contributed by atoms with Crippen LogP contribution in [0.25, 0.3) is 0 Å². The van der Waals surface area contributed by atoms with Crippen LogP contribution in [-0.2, 0) is 11.3 Å². The average Bonchev–Trinajstić information content (AvgIpc) is 2.07. The van der Waals surface area contributed by atoms with Gasteiger partial charge in [-0.25, -0.2) is 9.97 Å². The molecule has 0 bridgehead atoms. The van der Waals surface area contributed by atoms with Crippen LogP contribution in [0.2, 0.25) is 5.15 Å². The number of rotatable bonds is 2. The third-order valence-corrected chi connectivity index (χ3v) is 1.51. The summed E-state index contributed by atoms with van der Waals surface area (Å²) in [6, 6.07) is 0. The molecule has 0 aliphatic carbocycles. The van der Waals surface area contributed by atoms with Gasteiger partial charge in [0.05, 0.1) is 18.4 Å². The van der Waals surface area contributed by atoms with Gasteiger partial charge in [0, 0.05) is 6.92 Å². The molecule has 0 atom stereocenters. The summed E-state index contributed by atoms with van der Waals surface area (Å²) < 4.78 is 12.7. The summed E-state index contributed by atoms with van der Waals surface area (Å²) in [7, 11) is 0. The number of hydrogen-bond donors (Lipinski definition) is 1. The monoisotopic (exact) mass is 203 g/mol. The summed E-state index contributed by atoms with van der Waals surface area (Å²) in [5.41, 5.74) is 0.331. The maximum Gasteiger partial charge on any atom is 0.250 e. The van der Waals surface area contributed by atoms with Crippen LogP contribution >= 0.6 is 11.6 Å². The molecule has 0 radical (unpaired) electrons. The lowest BCUT2D eigenvalue weighted by Gasteiger charge is -2.00. The van der Waals surface area contributed by atoms with E-state index in [1.165, 1.54) is 13.1 Å². The lowest BCUT2D eigenvalue weighted by atomic mass is 10.4. The molecule has 1 heterocycles. The summed E-state index contributed by atoms with van der Waals surface area (Å²) >= 11 is 5.31. The van der Waals surface area contributed by atoms with Crippen LogP contribution in [0.3, 0.4) is 0 Å². The molecule has 0 aromatic carbocycles. The van der Waals surface area contributed by atoms with Crippen molar-refractivity contribution < 1.29 is 9.18 Å². The minimum atomic E-state index is -0.829. The third kappa shape index (κ3) is 2.95. The first-order valence-electron chi connectivity index (χ1n) is 3.51. The number of nitrogens with one attached hydrogen (secondary N) is 1. The Morgan fingerprint density at radius 1 is 1.77 bits per heavy atom. The second-order valence-electron chi connectivity index (χ2n) is 2.35. The molecular weight excluding hydrogens is 197 g/mol. The number of hydrogen-bond acceptors (Lipinski definition) is 3. The van der Waals surface area contributed by atoms with Gasteiger partial charge in [-0.2, -0.15) is 4.39 Å². The van der Waals surface area contributed by atoms with E-state index < -0.39 is 5.95 Å². The van der Waals surface area contributed by atoms with Gasteiger partial charge >= 0.3 is 0 Å². The van der Waals surface area contributed by atoms with Crippen LogP contribution in [0, 0.1) is 5.95 Å². The highest BCUT2D eigenvalue weighted by atomic mass is 35.5. The number of halogens is 2. The minimum Gasteiger partial charge on any atom is -0.351 e. The maximum atomic E-state index is 12.7. The predicted octanol–water partition coefficient (Wildman–Crippen LogP) is 0.905. The molecule has 0 fully saturated rings. The van der Waals surface area contributed by atoms with E-state index in [2.05, 4.69) is 15.3 Å². The molecule has 0 aliphatic heterocycles. The van der Waals surface area contributed by atoms with Crippen molar-refractivity contribution in [3.05, 3.63) is 23.0 Å². The predicted molar refractivity (Wildman–Crippen MR) is 44.5 cm³/mol. The summed E-state index contributed by atoms with van der Waals surface area (Å²) in [6.07, 6.45) is 1.31. The van der Waals surface area contributed by atoms with Gasteiger partial charge in [-0.1, -0.05) is 11.6 Å². The topological polar surface area (TPSA) is 54.9 Å². The Bertz CT molecular complexity index is 332. The fourth-order valence-electron chi connectivity index (χ4n) is 0.686. The fourth-order valence-corrected chi connectivity index (χ4v) is 0.777. The zero-order valence-corrected chi connectivity index (χ0v) is 7.60. The molecule has 0 saturated heterocycles. The molecule has 1 aromatic heterocycles. The lowest BCUT2D eigenvalue weighted by Crippen LogP contribution is -2.20. The van der Waals surface area contributed by atoms with Crippen molar-refractivity contribution in [2.45, 2.75) is 13.5 Å². The average molecular weight is 204 g/mol. The molecule has 13 heavy (non-hydrogen) atoms. The molecule has 1 aromatic rings. The number of aromatic nitrogens is 2. The Morgan fingerprint density at radius 2 is 2.46 bits per heavy atom. The maximum absolute atomic E-state index is 12.7. The largest absolute Gasteiger partial charge is 0.351 e. The Labute approximate surface area is 79.1 Å². The van der Waals surface area contributed by atoms with Crippen molar-refractivity contribution in [1.82, 2.24) is 15.3 Å². The molecule has 4 nitrogen and oxygen atoms in total. The molecule has 1 amide bonds. The highest BCUT2D eigenvalue weighted by Gasteiger charge is 2.04. The molecule has 70 valence electrons. The summed E-state index contributed by atoms with van der Waals surface area (Å²) in [5, 5.41) is 2.19. The lowest BCUT2D eigenvalue weighted by molar-refractivity contribution is -0.119. The molecule has 0 aliphatic rings. The van der Waals surface area contributed by atoms with E-state index in [0.717, 1.165) is 0 Å². The van der Waals surface area contributed by atoms with E-state index in [4.69, 9.17) is 11.6 Å². The zero-order valence-electron chi connectivity index (χ0n) is 6.84. The highest BCUT2D eigenvalue weighted by molar-refractivity contribution is 6.29. The molecule has 0 unspecified atom stereocenters. The van der Waals surface area contributed by atoms with E-state index in [0.29, 0.717) is 5.69 Å². The van der Waals surface area contributed by atoms with Gasteiger partial charge in [-0.3, -0.25) is 4.79 Å². The molecule has 0 saturated carbocycles. The quantitative estimate of drug-likeness (QED) is 0.777. The Morgan fingerprint density at radius 3 is 3.00 bits per heavy atom. The first kappa shape index (κ1) is 9.85. The van der Waals surface area contributed by atoms with Crippen LogP contribution in [0.1, 0.15) is 12.6 Å². The highest BCUT2D eigenvalue weighted by Crippen LogP contribution is 2.07. The van der Waals surface area contributed by atoms with Crippen molar-refractivity contribution in [3.8, 4) is 0 Å². The van der Waals surface area contributed by atoms with Crippen LogP contribution in [0.15, 0.2) is 6.20 Å². The zero-order chi connectivity index (χ0) is 9.84. The number of carbonyl (C=O) groups excluding carboxylic acids is 1. The van der Waals surface area contributed by atoms with Gasteiger partial charge in [0.1, 0.15) is 0 Å². The Balaban J connectivity index is 2.68. The molecular formula is C7H7ClFN3O. The van der Waals surface area contributed by atoms with Crippen molar-refractivity contribution >= 4 is 17.5 Å². The first-order chi connectivity index (χ1) is 6.09. The van der Waals surface area contributed by atoms with Gasteiger partial charge in [0.2, 0.25) is 5.91 Å². The molecule has 0 spiro atoms. The Hall–Kier alpha value is -1.23. The smallest absolute Gasteiger partial charge is 0.250 e. The van der Waals surface area contributed by atoms with Gasteiger partial charge in [0.25, 0.3) is 5.95 Å². The van der Waals surface area contributed by atoms with E-state index in [-0.39, 0.29) is 17.6 Å². The summed E-state index contributed by atoms with van der Waals surface area (Å²) in [5.74, 6) is -1.04. The molecule has 1 N–H and O–H groups in total. The number of carbonyl (C=O) groups is 1. The van der Waals surface area contributed by atoms with Gasteiger partial charge in [-0.15, -0.1) is 0 Å². The van der Waals surface area contributed by atoms with E-state index >= 15 is 0 Å². The first-order valence-corrected chi connectivity index (χ1v) is 3.88. The van der Waals surface area contributed by atoms with Gasteiger partial charge in [-0.05, 0) is 0 Å². The van der Waals surface area contributed by atoms with Crippen LogP contribution in [0.4, 0.5) is 4.39 Å². The Kier molecular flexibility index (Phi) is 3.13. The van der Waals surface area contributed by atoms with Crippen LogP contribution < -0.4 is 5.32 Å². The standard InChI is InChI=1S/C7H7ClFN3O/c1-4(13)10-2-5-3-11-6(8)7(9)12-5/h3H,2H2,1H3,(H,10,13). The normalized spacial score (nSPS) is 9.77. The second kappa shape index (κ2) is 4.13. The fraction of sp³-hybridized carbons (Fsp3) is 0.286. The molecule has 6 heteroatoms. The third-order valence-electron chi connectivity index (χ3n) is 1.26. The van der Waals surface area contributed by atoms with Crippen LogP contribution in [0.5, 0.6) is 0 Å². The van der Waals surface area contributed by atoms with Gasteiger partial charge in [0.15, 0.2) is 5.15 Å². The summed E-state index contributed by atoms with van der Waals surface area (Å²) in [6.45, 7) is 1.51.